The van der Waals surface area contributed by atoms with E-state index in [0.717, 1.165) is 5.56 Å². The van der Waals surface area contributed by atoms with Crippen LogP contribution in [0.5, 0.6) is 34.5 Å². The van der Waals surface area contributed by atoms with Gasteiger partial charge >= 0.3 is 5.97 Å². The standard InChI is InChI=1S/C27H24N2O7/c1-31-20-8-6-5-7-17(20)24-18-10-9-16(13-21(18)36-26(29)19(24)14-28)35-27(30)15-11-22(32-2)25(34-4)23(12-15)33-3/h5-13,24H,29H2,1-4H3. The molecule has 0 fully saturated rings. The summed E-state index contributed by atoms with van der Waals surface area (Å²) >= 11 is 0. The quantitative estimate of drug-likeness (QED) is 0.386. The molecule has 0 aliphatic carbocycles. The van der Waals surface area contributed by atoms with Crippen molar-refractivity contribution in [3.63, 3.8) is 0 Å². The van der Waals surface area contributed by atoms with E-state index < -0.39 is 11.9 Å². The maximum atomic E-state index is 12.9. The summed E-state index contributed by atoms with van der Waals surface area (Å²) in [6, 6.07) is 17.4. The van der Waals surface area contributed by atoms with Crippen LogP contribution in [0.3, 0.4) is 0 Å². The molecule has 0 bridgehead atoms. The summed E-state index contributed by atoms with van der Waals surface area (Å²) in [5, 5.41) is 9.80. The molecule has 184 valence electrons. The van der Waals surface area contributed by atoms with Crippen molar-refractivity contribution in [1.29, 1.82) is 5.26 Å². The minimum absolute atomic E-state index is 0.0333. The number of nitriles is 1. The van der Waals surface area contributed by atoms with Gasteiger partial charge in [0.1, 0.15) is 28.9 Å². The first-order valence-electron chi connectivity index (χ1n) is 10.8. The van der Waals surface area contributed by atoms with Gasteiger partial charge in [-0.1, -0.05) is 24.3 Å². The fourth-order valence-corrected chi connectivity index (χ4v) is 4.09. The lowest BCUT2D eigenvalue weighted by Gasteiger charge is -2.27. The van der Waals surface area contributed by atoms with Crippen LogP contribution in [0.25, 0.3) is 0 Å². The number of nitrogens with two attached hydrogens (primary N) is 1. The molecule has 0 radical (unpaired) electrons. The number of nitrogens with zero attached hydrogens (tertiary/aromatic N) is 1. The topological polar surface area (TPSA) is 122 Å². The predicted octanol–water partition coefficient (Wildman–Crippen LogP) is 4.16. The number of para-hydroxylation sites is 1. The van der Waals surface area contributed by atoms with Crippen LogP contribution in [0.15, 0.2) is 66.1 Å². The molecule has 1 heterocycles. The van der Waals surface area contributed by atoms with E-state index in [1.807, 2.05) is 24.3 Å². The van der Waals surface area contributed by atoms with Crippen LogP contribution in [0, 0.1) is 11.3 Å². The predicted molar refractivity (Wildman–Crippen MR) is 130 cm³/mol. The first-order chi connectivity index (χ1) is 17.4. The molecule has 9 nitrogen and oxygen atoms in total. The SMILES string of the molecule is COc1ccccc1C1C(C#N)=C(N)Oc2cc(OC(=O)c3cc(OC)c(OC)c(OC)c3)ccc21. The Bertz CT molecular complexity index is 1370. The van der Waals surface area contributed by atoms with E-state index in [1.54, 1.807) is 25.3 Å². The number of ether oxygens (including phenoxy) is 6. The molecule has 1 unspecified atom stereocenters. The van der Waals surface area contributed by atoms with Crippen molar-refractivity contribution in [2.24, 2.45) is 5.73 Å². The van der Waals surface area contributed by atoms with Gasteiger partial charge < -0.3 is 34.2 Å². The van der Waals surface area contributed by atoms with E-state index >= 15 is 0 Å². The fraction of sp³-hybridized carbons (Fsp3) is 0.185. The van der Waals surface area contributed by atoms with Crippen LogP contribution >= 0.6 is 0 Å². The van der Waals surface area contributed by atoms with Crippen molar-refractivity contribution in [2.45, 2.75) is 5.92 Å². The third-order valence-electron chi connectivity index (χ3n) is 5.75. The Labute approximate surface area is 208 Å². The lowest BCUT2D eigenvalue weighted by molar-refractivity contribution is 0.0733. The van der Waals surface area contributed by atoms with Gasteiger partial charge in [0.15, 0.2) is 11.5 Å². The fourth-order valence-electron chi connectivity index (χ4n) is 4.09. The summed E-state index contributed by atoms with van der Waals surface area (Å²) in [6.07, 6.45) is 0. The number of carbonyl (C=O) groups is 1. The van der Waals surface area contributed by atoms with Crippen LogP contribution < -0.4 is 34.2 Å². The molecule has 3 aromatic rings. The summed E-state index contributed by atoms with van der Waals surface area (Å²) in [5.74, 6) is 0.984. The molecule has 3 aromatic carbocycles. The third kappa shape index (κ3) is 4.32. The maximum Gasteiger partial charge on any atom is 0.343 e. The Balaban J connectivity index is 1.70. The molecule has 9 heteroatoms. The molecule has 4 rings (SSSR count). The highest BCUT2D eigenvalue weighted by atomic mass is 16.5. The summed E-state index contributed by atoms with van der Waals surface area (Å²) < 4.78 is 32.8. The molecule has 1 atom stereocenters. The van der Waals surface area contributed by atoms with Crippen molar-refractivity contribution in [3.8, 4) is 40.6 Å². The highest BCUT2D eigenvalue weighted by molar-refractivity contribution is 5.92. The zero-order chi connectivity index (χ0) is 25.8. The van der Waals surface area contributed by atoms with Crippen molar-refractivity contribution >= 4 is 5.97 Å². The zero-order valence-electron chi connectivity index (χ0n) is 20.2. The third-order valence-corrected chi connectivity index (χ3v) is 5.75. The van der Waals surface area contributed by atoms with E-state index in [9.17, 15) is 10.1 Å². The summed E-state index contributed by atoms with van der Waals surface area (Å²) in [7, 11) is 5.95. The van der Waals surface area contributed by atoms with Gasteiger partial charge in [0.2, 0.25) is 11.6 Å². The first kappa shape index (κ1) is 24.3. The van der Waals surface area contributed by atoms with Gasteiger partial charge in [-0.3, -0.25) is 0 Å². The summed E-state index contributed by atoms with van der Waals surface area (Å²) in [6.45, 7) is 0. The van der Waals surface area contributed by atoms with Gasteiger partial charge in [-0.2, -0.15) is 5.26 Å². The molecule has 0 amide bonds. The van der Waals surface area contributed by atoms with Crippen LogP contribution in [-0.4, -0.2) is 34.4 Å². The van der Waals surface area contributed by atoms with Crippen molar-refractivity contribution in [1.82, 2.24) is 0 Å². The van der Waals surface area contributed by atoms with Gasteiger partial charge in [0, 0.05) is 17.2 Å². The lowest BCUT2D eigenvalue weighted by Crippen LogP contribution is -2.21. The normalized spacial score (nSPS) is 14.1. The molecular formula is C27H24N2O7. The summed E-state index contributed by atoms with van der Waals surface area (Å²) in [5.41, 5.74) is 7.99. The lowest BCUT2D eigenvalue weighted by atomic mass is 9.83. The first-order valence-corrected chi connectivity index (χ1v) is 10.8. The Kier molecular flexibility index (Phi) is 6.88. The molecule has 0 saturated carbocycles. The molecular weight excluding hydrogens is 464 g/mol. The summed E-state index contributed by atoms with van der Waals surface area (Å²) in [4.78, 5) is 12.9. The number of hydrogen-bond donors (Lipinski definition) is 1. The van der Waals surface area contributed by atoms with Crippen molar-refractivity contribution < 1.29 is 33.2 Å². The number of rotatable bonds is 7. The molecule has 1 aliphatic heterocycles. The molecule has 36 heavy (non-hydrogen) atoms. The smallest absolute Gasteiger partial charge is 0.343 e. The minimum atomic E-state index is -0.646. The average molecular weight is 488 g/mol. The second-order valence-corrected chi connectivity index (χ2v) is 7.67. The van der Waals surface area contributed by atoms with E-state index in [0.29, 0.717) is 34.3 Å². The number of esters is 1. The Hall–Kier alpha value is -4.84. The van der Waals surface area contributed by atoms with Gasteiger partial charge in [-0.25, -0.2) is 4.79 Å². The van der Waals surface area contributed by atoms with Crippen molar-refractivity contribution in [2.75, 3.05) is 28.4 Å². The van der Waals surface area contributed by atoms with Gasteiger partial charge in [-0.05, 0) is 24.3 Å². The van der Waals surface area contributed by atoms with Gasteiger partial charge in [0.25, 0.3) is 0 Å². The van der Waals surface area contributed by atoms with Crippen LogP contribution in [-0.2, 0) is 0 Å². The number of fused-ring (bicyclic) bond motifs is 1. The molecule has 0 saturated heterocycles. The van der Waals surface area contributed by atoms with Gasteiger partial charge in [-0.15, -0.1) is 0 Å². The minimum Gasteiger partial charge on any atom is -0.496 e. The molecule has 1 aliphatic rings. The monoisotopic (exact) mass is 488 g/mol. The Morgan fingerprint density at radius 2 is 1.56 bits per heavy atom. The Morgan fingerprint density at radius 1 is 0.889 bits per heavy atom. The second kappa shape index (κ2) is 10.2. The van der Waals surface area contributed by atoms with Crippen LogP contribution in [0.1, 0.15) is 27.4 Å². The maximum absolute atomic E-state index is 12.9. The van der Waals surface area contributed by atoms with Crippen molar-refractivity contribution in [3.05, 3.63) is 82.7 Å². The van der Waals surface area contributed by atoms with Crippen LogP contribution in [0.4, 0.5) is 0 Å². The van der Waals surface area contributed by atoms with Crippen LogP contribution in [0.2, 0.25) is 0 Å². The highest BCUT2D eigenvalue weighted by Gasteiger charge is 2.33. The second-order valence-electron chi connectivity index (χ2n) is 7.67. The molecule has 0 aromatic heterocycles. The van der Waals surface area contributed by atoms with E-state index in [4.69, 9.17) is 34.2 Å². The number of benzene rings is 3. The molecule has 0 spiro atoms. The van der Waals surface area contributed by atoms with E-state index in [-0.39, 0.29) is 22.8 Å². The zero-order valence-corrected chi connectivity index (χ0v) is 20.2. The largest absolute Gasteiger partial charge is 0.496 e. The number of allylic oxidation sites excluding steroid dienone is 1. The number of carbonyl (C=O) groups excluding carboxylic acids is 1. The van der Waals surface area contributed by atoms with Gasteiger partial charge in [0.05, 0.1) is 39.9 Å². The highest BCUT2D eigenvalue weighted by Crippen LogP contribution is 2.46. The number of methoxy groups -OCH3 is 4. The van der Waals surface area contributed by atoms with E-state index in [2.05, 4.69) is 6.07 Å². The van der Waals surface area contributed by atoms with E-state index in [1.165, 1.54) is 33.5 Å². The Morgan fingerprint density at radius 3 is 2.17 bits per heavy atom. The average Bonchev–Trinajstić information content (AvgIpc) is 2.91. The number of hydrogen-bond acceptors (Lipinski definition) is 9. The molecule has 2 N–H and O–H groups in total.